The number of carbonyl (C=O) groups is 1. The van der Waals surface area contributed by atoms with Crippen molar-refractivity contribution in [2.75, 3.05) is 18.4 Å². The zero-order valence-corrected chi connectivity index (χ0v) is 16.4. The first-order valence-corrected chi connectivity index (χ1v) is 10.7. The van der Waals surface area contributed by atoms with Gasteiger partial charge in [0.05, 0.1) is 15.9 Å². The molecule has 7 nitrogen and oxygen atoms in total. The largest absolute Gasteiger partial charge is 0.325 e. The Bertz CT molecular complexity index is 1110. The second-order valence-electron chi connectivity index (χ2n) is 6.92. The maximum Gasteiger partial charge on any atom is 0.244 e. The molecule has 2 aromatic carbocycles. The minimum Gasteiger partial charge on any atom is -0.325 e. The topological polar surface area (TPSA) is 84.3 Å². The second kappa shape index (κ2) is 7.37. The fourth-order valence-corrected chi connectivity index (χ4v) is 5.04. The molecule has 0 aliphatic carbocycles. The lowest BCUT2D eigenvalue weighted by molar-refractivity contribution is -0.116. The van der Waals surface area contributed by atoms with E-state index in [1.165, 1.54) is 4.31 Å². The number of rotatable bonds is 5. The number of para-hydroxylation sites is 2. The van der Waals surface area contributed by atoms with Crippen LogP contribution >= 0.6 is 0 Å². The molecule has 0 bridgehead atoms. The van der Waals surface area contributed by atoms with Crippen LogP contribution in [0.1, 0.15) is 18.7 Å². The van der Waals surface area contributed by atoms with Gasteiger partial charge < -0.3 is 9.88 Å². The number of aryl methyl sites for hydroxylation is 1. The van der Waals surface area contributed by atoms with E-state index in [1.807, 2.05) is 35.8 Å². The summed E-state index contributed by atoms with van der Waals surface area (Å²) in [7, 11) is -3.45. The zero-order chi connectivity index (χ0) is 19.7. The number of imidazole rings is 1. The lowest BCUT2D eigenvalue weighted by atomic mass is 10.3. The SMILES string of the molecule is Cc1nc2ccccc2n1CC(=O)Nc1ccc(S(=O)(=O)N2CCCC2)cc1. The Balaban J connectivity index is 1.47. The number of carbonyl (C=O) groups excluding carboxylic acids is 1. The van der Waals surface area contributed by atoms with Gasteiger partial charge in [0.1, 0.15) is 12.4 Å². The predicted molar refractivity (Wildman–Crippen MR) is 108 cm³/mol. The number of aromatic nitrogens is 2. The zero-order valence-electron chi connectivity index (χ0n) is 15.6. The van der Waals surface area contributed by atoms with Gasteiger partial charge in [0.25, 0.3) is 0 Å². The van der Waals surface area contributed by atoms with Crippen molar-refractivity contribution < 1.29 is 13.2 Å². The smallest absolute Gasteiger partial charge is 0.244 e. The van der Waals surface area contributed by atoms with Crippen molar-refractivity contribution in [2.45, 2.75) is 31.2 Å². The third-order valence-electron chi connectivity index (χ3n) is 4.99. The number of benzene rings is 2. The number of nitrogens with one attached hydrogen (secondary N) is 1. The maximum atomic E-state index is 12.6. The average Bonchev–Trinajstić information content (AvgIpc) is 3.32. The van der Waals surface area contributed by atoms with Gasteiger partial charge in [0.2, 0.25) is 15.9 Å². The summed E-state index contributed by atoms with van der Waals surface area (Å²) >= 11 is 0. The first-order chi connectivity index (χ1) is 13.4. The van der Waals surface area contributed by atoms with Gasteiger partial charge in [-0.1, -0.05) is 12.1 Å². The summed E-state index contributed by atoms with van der Waals surface area (Å²) in [6.07, 6.45) is 1.80. The molecule has 1 saturated heterocycles. The number of hydrogen-bond acceptors (Lipinski definition) is 4. The van der Waals surface area contributed by atoms with Gasteiger partial charge in [-0.3, -0.25) is 4.79 Å². The van der Waals surface area contributed by atoms with Gasteiger partial charge in [-0.05, 0) is 56.2 Å². The number of amides is 1. The normalized spacial score (nSPS) is 15.2. The van der Waals surface area contributed by atoms with E-state index in [1.54, 1.807) is 24.3 Å². The van der Waals surface area contributed by atoms with E-state index in [-0.39, 0.29) is 17.3 Å². The Kier molecular flexibility index (Phi) is 4.91. The van der Waals surface area contributed by atoms with Crippen LogP contribution in [0.2, 0.25) is 0 Å². The lowest BCUT2D eigenvalue weighted by Crippen LogP contribution is -2.27. The third-order valence-corrected chi connectivity index (χ3v) is 6.90. The van der Waals surface area contributed by atoms with Crippen LogP contribution in [-0.4, -0.2) is 41.3 Å². The molecule has 0 unspecified atom stereocenters. The van der Waals surface area contributed by atoms with Crippen LogP contribution in [0.25, 0.3) is 11.0 Å². The first kappa shape index (κ1) is 18.6. The molecule has 0 atom stereocenters. The number of hydrogen-bond donors (Lipinski definition) is 1. The summed E-state index contributed by atoms with van der Waals surface area (Å²) in [6, 6.07) is 14.0. The summed E-state index contributed by atoms with van der Waals surface area (Å²) in [5.41, 5.74) is 2.32. The van der Waals surface area contributed by atoms with Crippen molar-refractivity contribution in [3.63, 3.8) is 0 Å². The second-order valence-corrected chi connectivity index (χ2v) is 8.86. The van der Waals surface area contributed by atoms with Gasteiger partial charge in [-0.15, -0.1) is 0 Å². The molecule has 0 saturated carbocycles. The van der Waals surface area contributed by atoms with Gasteiger partial charge in [-0.25, -0.2) is 13.4 Å². The van der Waals surface area contributed by atoms with Crippen molar-refractivity contribution >= 4 is 32.7 Å². The van der Waals surface area contributed by atoms with Crippen molar-refractivity contribution in [1.82, 2.24) is 13.9 Å². The number of fused-ring (bicyclic) bond motifs is 1. The number of nitrogens with zero attached hydrogens (tertiary/aromatic N) is 3. The van der Waals surface area contributed by atoms with Crippen LogP contribution in [0.4, 0.5) is 5.69 Å². The Hall–Kier alpha value is -2.71. The van der Waals surface area contributed by atoms with E-state index in [0.29, 0.717) is 18.8 Å². The van der Waals surface area contributed by atoms with Gasteiger partial charge in [-0.2, -0.15) is 4.31 Å². The van der Waals surface area contributed by atoms with Crippen molar-refractivity contribution in [3.05, 3.63) is 54.4 Å². The average molecular weight is 398 g/mol. The molecule has 3 aromatic rings. The molecule has 1 aliphatic heterocycles. The summed E-state index contributed by atoms with van der Waals surface area (Å²) in [6.45, 7) is 3.14. The Morgan fingerprint density at radius 3 is 2.46 bits per heavy atom. The van der Waals surface area contributed by atoms with Crippen LogP contribution in [0, 0.1) is 6.92 Å². The van der Waals surface area contributed by atoms with E-state index in [4.69, 9.17) is 0 Å². The Morgan fingerprint density at radius 2 is 1.75 bits per heavy atom. The van der Waals surface area contributed by atoms with Crippen LogP contribution in [0.15, 0.2) is 53.4 Å². The molecule has 0 radical (unpaired) electrons. The highest BCUT2D eigenvalue weighted by molar-refractivity contribution is 7.89. The molecule has 4 rings (SSSR count). The highest BCUT2D eigenvalue weighted by Gasteiger charge is 2.26. The molecule has 28 heavy (non-hydrogen) atoms. The fourth-order valence-electron chi connectivity index (χ4n) is 3.53. The highest BCUT2D eigenvalue weighted by atomic mass is 32.2. The quantitative estimate of drug-likeness (QED) is 0.716. The maximum absolute atomic E-state index is 12.6. The Morgan fingerprint density at radius 1 is 1.07 bits per heavy atom. The summed E-state index contributed by atoms with van der Waals surface area (Å²) in [4.78, 5) is 17.2. The number of anilines is 1. The van der Waals surface area contributed by atoms with Crippen molar-refractivity contribution in [3.8, 4) is 0 Å². The third kappa shape index (κ3) is 3.53. The van der Waals surface area contributed by atoms with Crippen molar-refractivity contribution in [2.24, 2.45) is 0 Å². The monoisotopic (exact) mass is 398 g/mol. The van der Waals surface area contributed by atoms with Crippen LogP contribution in [0.5, 0.6) is 0 Å². The van der Waals surface area contributed by atoms with E-state index in [2.05, 4.69) is 10.3 Å². The summed E-state index contributed by atoms with van der Waals surface area (Å²) < 4.78 is 28.5. The number of sulfonamides is 1. The fraction of sp³-hybridized carbons (Fsp3) is 0.300. The molecule has 1 N–H and O–H groups in total. The molecule has 146 valence electrons. The van der Waals surface area contributed by atoms with Crippen molar-refractivity contribution in [1.29, 1.82) is 0 Å². The predicted octanol–water partition coefficient (Wildman–Crippen LogP) is 2.77. The van der Waals surface area contributed by atoms with E-state index in [9.17, 15) is 13.2 Å². The molecule has 2 heterocycles. The molecule has 1 aromatic heterocycles. The first-order valence-electron chi connectivity index (χ1n) is 9.27. The van der Waals surface area contributed by atoms with Crippen LogP contribution in [0.3, 0.4) is 0 Å². The van der Waals surface area contributed by atoms with Gasteiger partial charge in [0.15, 0.2) is 0 Å². The van der Waals surface area contributed by atoms with Crippen LogP contribution in [-0.2, 0) is 21.4 Å². The van der Waals surface area contributed by atoms with Gasteiger partial charge >= 0.3 is 0 Å². The lowest BCUT2D eigenvalue weighted by Gasteiger charge is -2.15. The summed E-state index contributed by atoms with van der Waals surface area (Å²) in [5, 5.41) is 2.82. The molecule has 0 spiro atoms. The minimum absolute atomic E-state index is 0.139. The summed E-state index contributed by atoms with van der Waals surface area (Å²) in [5.74, 6) is 0.574. The van der Waals surface area contributed by atoms with Gasteiger partial charge in [0, 0.05) is 18.8 Å². The standard InChI is InChI=1S/C20H22N4O3S/c1-15-21-18-6-2-3-7-19(18)24(15)14-20(25)22-16-8-10-17(11-9-16)28(26,27)23-12-4-5-13-23/h2-3,6-11H,4-5,12-14H2,1H3,(H,22,25). The molecule has 1 aliphatic rings. The highest BCUT2D eigenvalue weighted by Crippen LogP contribution is 2.22. The van der Waals surface area contributed by atoms with E-state index in [0.717, 1.165) is 29.7 Å². The molecular formula is C20H22N4O3S. The molecule has 1 amide bonds. The molecule has 1 fully saturated rings. The minimum atomic E-state index is -3.45. The molecule has 8 heteroatoms. The molecular weight excluding hydrogens is 376 g/mol. The van der Waals surface area contributed by atoms with E-state index >= 15 is 0 Å². The van der Waals surface area contributed by atoms with Crippen LogP contribution < -0.4 is 5.32 Å². The Labute approximate surface area is 164 Å². The van der Waals surface area contributed by atoms with E-state index < -0.39 is 10.0 Å².